The molecule has 0 unspecified atom stereocenters. The van der Waals surface area contributed by atoms with Crippen LogP contribution in [0.2, 0.25) is 0 Å². The van der Waals surface area contributed by atoms with Crippen molar-refractivity contribution in [2.24, 2.45) is 0 Å². The normalized spacial score (nSPS) is 15.2. The molecule has 2 aromatic rings. The molecule has 0 radical (unpaired) electrons. The number of nitrogens with two attached hydrogens (primary N) is 1. The van der Waals surface area contributed by atoms with Gasteiger partial charge in [0.15, 0.2) is 0 Å². The first kappa shape index (κ1) is 11.3. The highest BCUT2D eigenvalue weighted by molar-refractivity contribution is 5.82. The molecule has 1 nitrogen and oxygen atoms in total. The van der Waals surface area contributed by atoms with Crippen molar-refractivity contribution in [3.63, 3.8) is 0 Å². The van der Waals surface area contributed by atoms with Crippen LogP contribution in [0, 0.1) is 0 Å². The van der Waals surface area contributed by atoms with E-state index in [9.17, 15) is 0 Å². The fraction of sp³-hybridized carbons (Fsp3) is 0.294. The molecule has 0 heterocycles. The lowest BCUT2D eigenvalue weighted by Crippen LogP contribution is -2.23. The lowest BCUT2D eigenvalue weighted by atomic mass is 9.74. The van der Waals surface area contributed by atoms with Gasteiger partial charge in [0.1, 0.15) is 0 Å². The summed E-state index contributed by atoms with van der Waals surface area (Å²) in [5.74, 6) is 0. The third-order valence-corrected chi connectivity index (χ3v) is 4.50. The Morgan fingerprint density at radius 2 is 1.56 bits per heavy atom. The molecule has 2 aromatic carbocycles. The number of benzene rings is 2. The van der Waals surface area contributed by atoms with Gasteiger partial charge >= 0.3 is 0 Å². The maximum absolute atomic E-state index is 6.00. The summed E-state index contributed by atoms with van der Waals surface area (Å²) in [5.41, 5.74) is 12.6. The largest absolute Gasteiger partial charge is 0.399 e. The number of hydrogen-bond donors (Lipinski definition) is 1. The van der Waals surface area contributed by atoms with E-state index in [0.29, 0.717) is 0 Å². The molecule has 18 heavy (non-hydrogen) atoms. The fourth-order valence-electron chi connectivity index (χ4n) is 3.48. The smallest absolute Gasteiger partial charge is 0.0317 e. The molecule has 0 atom stereocenters. The van der Waals surface area contributed by atoms with Gasteiger partial charge in [-0.2, -0.15) is 0 Å². The van der Waals surface area contributed by atoms with Crippen LogP contribution in [0.5, 0.6) is 0 Å². The topological polar surface area (TPSA) is 26.0 Å². The Labute approximate surface area is 109 Å². The van der Waals surface area contributed by atoms with E-state index < -0.39 is 0 Å². The summed E-state index contributed by atoms with van der Waals surface area (Å²) in [6.07, 6.45) is 2.24. The van der Waals surface area contributed by atoms with Gasteiger partial charge in [0.2, 0.25) is 0 Å². The molecule has 92 valence electrons. The monoisotopic (exact) mass is 237 g/mol. The Balaban J connectivity index is 2.38. The zero-order valence-corrected chi connectivity index (χ0v) is 11.0. The van der Waals surface area contributed by atoms with Crippen LogP contribution in [0.3, 0.4) is 0 Å². The van der Waals surface area contributed by atoms with E-state index in [4.69, 9.17) is 5.73 Å². The highest BCUT2D eigenvalue weighted by Crippen LogP contribution is 2.52. The Bertz CT molecular complexity index is 594. The van der Waals surface area contributed by atoms with Crippen LogP contribution in [0.4, 0.5) is 5.69 Å². The third kappa shape index (κ3) is 1.28. The predicted molar refractivity (Wildman–Crippen MR) is 77.7 cm³/mol. The van der Waals surface area contributed by atoms with Crippen molar-refractivity contribution in [1.82, 2.24) is 0 Å². The van der Waals surface area contributed by atoms with Gasteiger partial charge < -0.3 is 5.73 Å². The third-order valence-electron chi connectivity index (χ3n) is 4.50. The van der Waals surface area contributed by atoms with Gasteiger partial charge in [-0.05, 0) is 47.2 Å². The fourth-order valence-corrected chi connectivity index (χ4v) is 3.48. The summed E-state index contributed by atoms with van der Waals surface area (Å²) in [5, 5.41) is 0. The number of fused-ring (bicyclic) bond motifs is 3. The van der Waals surface area contributed by atoms with Crippen LogP contribution < -0.4 is 5.73 Å². The zero-order chi connectivity index (χ0) is 12.8. The Morgan fingerprint density at radius 3 is 2.28 bits per heavy atom. The van der Waals surface area contributed by atoms with Gasteiger partial charge in [-0.3, -0.25) is 0 Å². The maximum Gasteiger partial charge on any atom is 0.0317 e. The second-order valence-corrected chi connectivity index (χ2v) is 5.14. The van der Waals surface area contributed by atoms with Gasteiger partial charge in [-0.25, -0.2) is 0 Å². The molecule has 1 heteroatoms. The van der Waals surface area contributed by atoms with E-state index in [2.05, 4.69) is 50.2 Å². The van der Waals surface area contributed by atoms with Crippen LogP contribution in [-0.2, 0) is 5.41 Å². The molecule has 1 aliphatic carbocycles. The van der Waals surface area contributed by atoms with Crippen molar-refractivity contribution in [1.29, 1.82) is 0 Å². The van der Waals surface area contributed by atoms with Gasteiger partial charge in [0.05, 0.1) is 0 Å². The summed E-state index contributed by atoms with van der Waals surface area (Å²) in [7, 11) is 0. The highest BCUT2D eigenvalue weighted by Gasteiger charge is 2.40. The number of rotatable bonds is 2. The molecule has 0 saturated carbocycles. The summed E-state index contributed by atoms with van der Waals surface area (Å²) in [6, 6.07) is 15.1. The van der Waals surface area contributed by atoms with Crippen molar-refractivity contribution in [3.05, 3.63) is 53.6 Å². The van der Waals surface area contributed by atoms with E-state index in [-0.39, 0.29) is 5.41 Å². The number of anilines is 1. The molecule has 0 saturated heterocycles. The van der Waals surface area contributed by atoms with Crippen molar-refractivity contribution >= 4 is 5.69 Å². The van der Waals surface area contributed by atoms with Gasteiger partial charge in [0.25, 0.3) is 0 Å². The lowest BCUT2D eigenvalue weighted by molar-refractivity contribution is 0.490. The van der Waals surface area contributed by atoms with Crippen LogP contribution in [0.15, 0.2) is 42.5 Å². The predicted octanol–water partition coefficient (Wildman–Crippen LogP) is 4.36. The molecule has 2 N–H and O–H groups in total. The van der Waals surface area contributed by atoms with E-state index in [1.54, 1.807) is 0 Å². The number of nitrogen functional groups attached to an aromatic ring is 1. The molecule has 0 amide bonds. The van der Waals surface area contributed by atoms with Crippen LogP contribution >= 0.6 is 0 Å². The molecule has 0 bridgehead atoms. The first-order chi connectivity index (χ1) is 8.73. The SMILES string of the molecule is CCC1(CC)c2ccccc2-c2ccc(N)cc21. The zero-order valence-electron chi connectivity index (χ0n) is 11.0. The summed E-state index contributed by atoms with van der Waals surface area (Å²) < 4.78 is 0. The quantitative estimate of drug-likeness (QED) is 0.772. The maximum atomic E-state index is 6.00. The molecule has 0 spiro atoms. The van der Waals surface area contributed by atoms with E-state index in [0.717, 1.165) is 18.5 Å². The van der Waals surface area contributed by atoms with Crippen LogP contribution in [0.25, 0.3) is 11.1 Å². The Morgan fingerprint density at radius 1 is 0.889 bits per heavy atom. The molecular formula is C17H19N. The molecule has 3 rings (SSSR count). The number of hydrogen-bond acceptors (Lipinski definition) is 1. The van der Waals surface area contributed by atoms with Crippen molar-refractivity contribution < 1.29 is 0 Å². The molecule has 0 aromatic heterocycles. The minimum atomic E-state index is 0.154. The molecule has 1 aliphatic rings. The van der Waals surface area contributed by atoms with Crippen LogP contribution in [0.1, 0.15) is 37.8 Å². The second kappa shape index (κ2) is 3.88. The summed E-state index contributed by atoms with van der Waals surface area (Å²) >= 11 is 0. The van der Waals surface area contributed by atoms with Gasteiger partial charge in [-0.15, -0.1) is 0 Å². The average molecular weight is 237 g/mol. The first-order valence-corrected chi connectivity index (χ1v) is 6.73. The van der Waals surface area contributed by atoms with E-state index in [1.165, 1.54) is 22.3 Å². The molecule has 0 aliphatic heterocycles. The van der Waals surface area contributed by atoms with Gasteiger partial charge in [0, 0.05) is 11.1 Å². The van der Waals surface area contributed by atoms with E-state index in [1.807, 2.05) is 6.07 Å². The van der Waals surface area contributed by atoms with Gasteiger partial charge in [-0.1, -0.05) is 44.2 Å². The minimum absolute atomic E-state index is 0.154. The van der Waals surface area contributed by atoms with Crippen LogP contribution in [-0.4, -0.2) is 0 Å². The summed E-state index contributed by atoms with van der Waals surface area (Å²) in [4.78, 5) is 0. The Kier molecular flexibility index (Phi) is 2.44. The molecule has 0 fully saturated rings. The van der Waals surface area contributed by atoms with E-state index >= 15 is 0 Å². The lowest BCUT2D eigenvalue weighted by Gasteiger charge is -2.29. The minimum Gasteiger partial charge on any atom is -0.399 e. The Hall–Kier alpha value is -1.76. The second-order valence-electron chi connectivity index (χ2n) is 5.14. The van der Waals surface area contributed by atoms with Crippen molar-refractivity contribution in [2.75, 3.05) is 5.73 Å². The average Bonchev–Trinajstić information content (AvgIpc) is 2.68. The van der Waals surface area contributed by atoms with Crippen molar-refractivity contribution in [2.45, 2.75) is 32.1 Å². The summed E-state index contributed by atoms with van der Waals surface area (Å²) in [6.45, 7) is 4.55. The first-order valence-electron chi connectivity index (χ1n) is 6.73. The molecular weight excluding hydrogens is 218 g/mol. The standard InChI is InChI=1S/C17H19N/c1-3-17(4-2)15-8-6-5-7-13(15)14-10-9-12(18)11-16(14)17/h5-11H,3-4,18H2,1-2H3. The highest BCUT2D eigenvalue weighted by atomic mass is 14.6. The van der Waals surface area contributed by atoms with Crippen molar-refractivity contribution in [3.8, 4) is 11.1 Å².